The van der Waals surface area contributed by atoms with E-state index in [1.807, 2.05) is 0 Å². The van der Waals surface area contributed by atoms with Gasteiger partial charge in [0.15, 0.2) is 0 Å². The molecule has 20 heavy (non-hydrogen) atoms. The number of nitrogens with two attached hydrogens (primary N) is 1. The molecule has 2 rings (SSSR count). The first-order valence-electron chi connectivity index (χ1n) is 7.18. The topological polar surface area (TPSA) is 77.2 Å². The first-order chi connectivity index (χ1) is 9.60. The minimum Gasteiger partial charge on any atom is -0.465 e. The van der Waals surface area contributed by atoms with Crippen LogP contribution in [0.15, 0.2) is 12.3 Å². The molecule has 5 nitrogen and oxygen atoms in total. The number of hydrogen-bond donors (Lipinski definition) is 2. The van der Waals surface area contributed by atoms with E-state index in [2.05, 4.69) is 17.2 Å². The summed E-state index contributed by atoms with van der Waals surface area (Å²) in [6.45, 7) is 3.14. The lowest BCUT2D eigenvalue weighted by Crippen LogP contribution is -2.22. The van der Waals surface area contributed by atoms with E-state index in [9.17, 15) is 4.79 Å². The van der Waals surface area contributed by atoms with Crippen molar-refractivity contribution in [3.05, 3.63) is 17.8 Å². The van der Waals surface area contributed by atoms with Crippen LogP contribution in [0.1, 0.15) is 43.0 Å². The van der Waals surface area contributed by atoms with E-state index < -0.39 is 5.97 Å². The van der Waals surface area contributed by atoms with Crippen molar-refractivity contribution in [2.45, 2.75) is 32.6 Å². The van der Waals surface area contributed by atoms with Gasteiger partial charge in [0.25, 0.3) is 0 Å². The molecule has 1 saturated carbocycles. The van der Waals surface area contributed by atoms with Gasteiger partial charge in [-0.15, -0.1) is 0 Å². The summed E-state index contributed by atoms with van der Waals surface area (Å²) in [6, 6.07) is 1.60. The molecule has 5 heteroatoms. The molecule has 1 aromatic heterocycles. The average molecular weight is 277 g/mol. The predicted octanol–water partition coefficient (Wildman–Crippen LogP) is 2.69. The van der Waals surface area contributed by atoms with Crippen LogP contribution in [-0.2, 0) is 4.74 Å². The van der Waals surface area contributed by atoms with Crippen molar-refractivity contribution in [3.63, 3.8) is 0 Å². The molecule has 0 saturated heterocycles. The zero-order valence-electron chi connectivity index (χ0n) is 12.2. The van der Waals surface area contributed by atoms with Crippen LogP contribution in [0.3, 0.4) is 0 Å². The Morgan fingerprint density at radius 1 is 1.55 bits per heavy atom. The SMILES string of the molecule is COC(=O)c1cc(N)cnc1NCC1CCCC(C)C1. The number of hydrogen-bond acceptors (Lipinski definition) is 5. The molecule has 1 fully saturated rings. The molecule has 3 N–H and O–H groups in total. The maximum absolute atomic E-state index is 11.7. The Labute approximate surface area is 119 Å². The van der Waals surface area contributed by atoms with E-state index in [4.69, 9.17) is 10.5 Å². The van der Waals surface area contributed by atoms with Crippen molar-refractivity contribution in [1.29, 1.82) is 0 Å². The average Bonchev–Trinajstić information content (AvgIpc) is 2.45. The van der Waals surface area contributed by atoms with Gasteiger partial charge in [-0.25, -0.2) is 9.78 Å². The van der Waals surface area contributed by atoms with E-state index in [0.29, 0.717) is 23.0 Å². The third-order valence-electron chi connectivity index (χ3n) is 3.92. The normalized spacial score (nSPS) is 22.3. The number of pyridine rings is 1. The molecule has 0 amide bonds. The maximum atomic E-state index is 11.7. The number of aromatic nitrogens is 1. The molecule has 0 aliphatic heterocycles. The molecule has 110 valence electrons. The van der Waals surface area contributed by atoms with Crippen molar-refractivity contribution < 1.29 is 9.53 Å². The van der Waals surface area contributed by atoms with Crippen LogP contribution in [-0.4, -0.2) is 24.6 Å². The largest absolute Gasteiger partial charge is 0.465 e. The van der Waals surface area contributed by atoms with E-state index in [1.54, 1.807) is 12.3 Å². The number of nitrogens with one attached hydrogen (secondary N) is 1. The summed E-state index contributed by atoms with van der Waals surface area (Å²) in [6.07, 6.45) is 6.63. The smallest absolute Gasteiger partial charge is 0.341 e. The zero-order chi connectivity index (χ0) is 14.5. The number of carbonyl (C=O) groups excluding carboxylic acids is 1. The van der Waals surface area contributed by atoms with Crippen molar-refractivity contribution in [2.75, 3.05) is 24.7 Å². The Kier molecular flexibility index (Phi) is 4.82. The highest BCUT2D eigenvalue weighted by molar-refractivity contribution is 5.95. The van der Waals surface area contributed by atoms with E-state index >= 15 is 0 Å². The molecule has 0 aromatic carbocycles. The van der Waals surface area contributed by atoms with Gasteiger partial charge in [0.1, 0.15) is 11.4 Å². The van der Waals surface area contributed by atoms with Gasteiger partial charge in [0.05, 0.1) is 19.0 Å². The second-order valence-electron chi connectivity index (χ2n) is 5.68. The molecular weight excluding hydrogens is 254 g/mol. The summed E-state index contributed by atoms with van der Waals surface area (Å²) in [5.41, 5.74) is 6.54. The molecule has 0 bridgehead atoms. The number of nitrogens with zero attached hydrogens (tertiary/aromatic N) is 1. The molecule has 2 atom stereocenters. The van der Waals surface area contributed by atoms with Gasteiger partial charge in [-0.3, -0.25) is 0 Å². The highest BCUT2D eigenvalue weighted by atomic mass is 16.5. The third kappa shape index (κ3) is 3.62. The molecule has 0 radical (unpaired) electrons. The first kappa shape index (κ1) is 14.6. The molecule has 1 heterocycles. The van der Waals surface area contributed by atoms with E-state index in [1.165, 1.54) is 32.8 Å². The van der Waals surface area contributed by atoms with Crippen molar-refractivity contribution in [3.8, 4) is 0 Å². The van der Waals surface area contributed by atoms with E-state index in [-0.39, 0.29) is 0 Å². The second kappa shape index (κ2) is 6.59. The fourth-order valence-corrected chi connectivity index (χ4v) is 2.87. The van der Waals surface area contributed by atoms with Gasteiger partial charge in [-0.1, -0.05) is 19.8 Å². The fourth-order valence-electron chi connectivity index (χ4n) is 2.87. The Bertz CT molecular complexity index is 476. The highest BCUT2D eigenvalue weighted by Crippen LogP contribution is 2.29. The van der Waals surface area contributed by atoms with Crippen molar-refractivity contribution in [1.82, 2.24) is 4.98 Å². The standard InChI is InChI=1S/C15H23N3O2/c1-10-4-3-5-11(6-10)8-17-14-13(15(19)20-2)7-12(16)9-18-14/h7,9-11H,3-6,8,16H2,1-2H3,(H,17,18). The van der Waals surface area contributed by atoms with Gasteiger partial charge in [-0.2, -0.15) is 0 Å². The van der Waals surface area contributed by atoms with Gasteiger partial charge in [-0.05, 0) is 30.7 Å². The van der Waals surface area contributed by atoms with Crippen LogP contribution in [0, 0.1) is 11.8 Å². The number of ether oxygens (including phenoxy) is 1. The number of anilines is 2. The first-order valence-corrected chi connectivity index (χ1v) is 7.18. The van der Waals surface area contributed by atoms with Crippen LogP contribution >= 0.6 is 0 Å². The highest BCUT2D eigenvalue weighted by Gasteiger charge is 2.20. The summed E-state index contributed by atoms with van der Waals surface area (Å²) >= 11 is 0. The van der Waals surface area contributed by atoms with Crippen molar-refractivity contribution >= 4 is 17.5 Å². The van der Waals surface area contributed by atoms with Gasteiger partial charge in [0, 0.05) is 6.54 Å². The summed E-state index contributed by atoms with van der Waals surface area (Å²) in [7, 11) is 1.36. The number of rotatable bonds is 4. The lowest BCUT2D eigenvalue weighted by atomic mass is 9.82. The van der Waals surface area contributed by atoms with Gasteiger partial charge in [0.2, 0.25) is 0 Å². The second-order valence-corrected chi connectivity index (χ2v) is 5.68. The van der Waals surface area contributed by atoms with Gasteiger partial charge < -0.3 is 15.8 Å². The molecule has 0 spiro atoms. The summed E-state index contributed by atoms with van der Waals surface area (Å²) in [4.78, 5) is 15.9. The van der Waals surface area contributed by atoms with Crippen LogP contribution in [0.25, 0.3) is 0 Å². The van der Waals surface area contributed by atoms with Crippen LogP contribution < -0.4 is 11.1 Å². The fraction of sp³-hybridized carbons (Fsp3) is 0.600. The van der Waals surface area contributed by atoms with Crippen LogP contribution in [0.5, 0.6) is 0 Å². The predicted molar refractivity (Wildman–Crippen MR) is 79.6 cm³/mol. The van der Waals surface area contributed by atoms with E-state index in [0.717, 1.165) is 12.5 Å². The minimum absolute atomic E-state index is 0.399. The van der Waals surface area contributed by atoms with Crippen LogP contribution in [0.2, 0.25) is 0 Å². The third-order valence-corrected chi connectivity index (χ3v) is 3.92. The Balaban J connectivity index is 2.03. The minimum atomic E-state index is -0.413. The van der Waals surface area contributed by atoms with Crippen molar-refractivity contribution in [2.24, 2.45) is 11.8 Å². The van der Waals surface area contributed by atoms with Crippen LogP contribution in [0.4, 0.5) is 11.5 Å². The lowest BCUT2D eigenvalue weighted by Gasteiger charge is -2.27. The number of carbonyl (C=O) groups is 1. The Morgan fingerprint density at radius 3 is 3.05 bits per heavy atom. The maximum Gasteiger partial charge on any atom is 0.341 e. The molecule has 1 aliphatic carbocycles. The molecule has 1 aliphatic rings. The zero-order valence-corrected chi connectivity index (χ0v) is 12.2. The molecular formula is C15H23N3O2. The number of methoxy groups -OCH3 is 1. The summed E-state index contributed by atoms with van der Waals surface area (Å²) < 4.78 is 4.77. The number of esters is 1. The summed E-state index contributed by atoms with van der Waals surface area (Å²) in [5, 5.41) is 3.28. The quantitative estimate of drug-likeness (QED) is 0.827. The molecule has 1 aromatic rings. The Morgan fingerprint density at radius 2 is 2.35 bits per heavy atom. The Hall–Kier alpha value is -1.78. The number of nitrogen functional groups attached to an aromatic ring is 1. The molecule has 2 unspecified atom stereocenters. The lowest BCUT2D eigenvalue weighted by molar-refractivity contribution is 0.0601. The van der Waals surface area contributed by atoms with Gasteiger partial charge >= 0.3 is 5.97 Å². The monoisotopic (exact) mass is 277 g/mol. The summed E-state index contributed by atoms with van der Waals surface area (Å²) in [5.74, 6) is 1.58.